The van der Waals surface area contributed by atoms with Gasteiger partial charge in [-0.2, -0.15) is 0 Å². The predicted molar refractivity (Wildman–Crippen MR) is 135 cm³/mol. The van der Waals surface area contributed by atoms with Crippen LogP contribution in [0.25, 0.3) is 0 Å². The maximum atomic E-state index is 14.1. The Bertz CT molecular complexity index is 1340. The monoisotopic (exact) mass is 532 g/mol. The van der Waals surface area contributed by atoms with Gasteiger partial charge >= 0.3 is 0 Å². The van der Waals surface area contributed by atoms with Gasteiger partial charge in [0.1, 0.15) is 12.1 Å². The van der Waals surface area contributed by atoms with E-state index in [0.717, 1.165) is 28.3 Å². The molecule has 178 valence electrons. The second-order valence-electron chi connectivity index (χ2n) is 9.75. The van der Waals surface area contributed by atoms with Gasteiger partial charge in [0.15, 0.2) is 11.6 Å². The average molecular weight is 533 g/mol. The summed E-state index contributed by atoms with van der Waals surface area (Å²) in [7, 11) is 0. The summed E-state index contributed by atoms with van der Waals surface area (Å²) in [6, 6.07) is 2.19. The predicted octanol–water partition coefficient (Wildman–Crippen LogP) is 3.45. The molecule has 4 bridgehead atoms. The second-order valence-corrected chi connectivity index (χ2v) is 10.7. The molecule has 9 heteroatoms. The van der Waals surface area contributed by atoms with Crippen molar-refractivity contribution in [3.63, 3.8) is 0 Å². The maximum absolute atomic E-state index is 14.1. The number of nitrogens with zero attached hydrogens (tertiary/aromatic N) is 6. The molecular formula is C26H25BrN6O2. The van der Waals surface area contributed by atoms with Crippen LogP contribution < -0.4 is 9.80 Å². The first-order valence-corrected chi connectivity index (χ1v) is 12.6. The molecule has 0 aromatic carbocycles. The molecule has 2 saturated heterocycles. The molecule has 5 heterocycles. The molecule has 35 heavy (non-hydrogen) atoms. The minimum atomic E-state index is -0.702. The molecule has 6 rings (SSSR count). The number of rotatable bonds is 2. The molecule has 4 aliphatic rings. The molecule has 0 N–H and O–H groups in total. The van der Waals surface area contributed by atoms with E-state index in [4.69, 9.17) is 9.97 Å². The van der Waals surface area contributed by atoms with E-state index in [0.29, 0.717) is 22.8 Å². The van der Waals surface area contributed by atoms with Crippen LogP contribution >= 0.6 is 15.9 Å². The average Bonchev–Trinajstić information content (AvgIpc) is 2.78. The van der Waals surface area contributed by atoms with Crippen molar-refractivity contribution in [1.82, 2.24) is 19.9 Å². The van der Waals surface area contributed by atoms with Crippen LogP contribution in [0, 0.1) is 39.5 Å². The lowest BCUT2D eigenvalue weighted by molar-refractivity contribution is -0.133. The topological polar surface area (TPSA) is 92.2 Å². The van der Waals surface area contributed by atoms with Gasteiger partial charge in [-0.05, 0) is 46.2 Å². The minimum absolute atomic E-state index is 0.000266. The fourth-order valence-electron chi connectivity index (χ4n) is 6.07. The molecule has 5 atom stereocenters. The second kappa shape index (κ2) is 7.91. The van der Waals surface area contributed by atoms with E-state index in [-0.39, 0.29) is 23.5 Å². The number of anilines is 2. The molecule has 0 spiro atoms. The number of ketones is 2. The van der Waals surface area contributed by atoms with Crippen molar-refractivity contribution < 1.29 is 9.59 Å². The summed E-state index contributed by atoms with van der Waals surface area (Å²) in [5.41, 5.74) is 4.07. The summed E-state index contributed by atoms with van der Waals surface area (Å²) in [6.07, 6.45) is 8.47. The smallest absolute Gasteiger partial charge is 0.230 e. The highest BCUT2D eigenvalue weighted by atomic mass is 79.9. The Kier molecular flexibility index (Phi) is 5.03. The molecule has 0 saturated carbocycles. The number of halogens is 1. The largest absolute Gasteiger partial charge is 0.323 e. The van der Waals surface area contributed by atoms with Crippen molar-refractivity contribution in [1.29, 1.82) is 0 Å². The molecule has 8 nitrogen and oxygen atoms in total. The molecule has 5 unspecified atom stereocenters. The zero-order valence-electron chi connectivity index (χ0n) is 19.9. The first-order valence-electron chi connectivity index (χ1n) is 11.8. The van der Waals surface area contributed by atoms with Crippen LogP contribution in [0.15, 0.2) is 46.6 Å². The van der Waals surface area contributed by atoms with Crippen LogP contribution in [-0.4, -0.2) is 49.6 Å². The summed E-state index contributed by atoms with van der Waals surface area (Å²) in [4.78, 5) is 50.7. The van der Waals surface area contributed by atoms with Crippen molar-refractivity contribution in [2.75, 3.05) is 9.80 Å². The Morgan fingerprint density at radius 1 is 0.886 bits per heavy atom. The SMILES string of the molecule is Cc1cc(C)nc(N2C=C(Br)C3C(=O)C2C2C4CC=CC=C4C(=O)C3N2c2nc(C)cc(C)n2)n1. The lowest BCUT2D eigenvalue weighted by Gasteiger charge is -2.58. The van der Waals surface area contributed by atoms with Crippen molar-refractivity contribution >= 4 is 39.4 Å². The summed E-state index contributed by atoms with van der Waals surface area (Å²) in [5.74, 6) is 0.122. The van der Waals surface area contributed by atoms with Gasteiger partial charge in [-0.25, -0.2) is 19.9 Å². The van der Waals surface area contributed by atoms with Crippen molar-refractivity contribution in [3.8, 4) is 0 Å². The Morgan fingerprint density at radius 2 is 1.49 bits per heavy atom. The lowest BCUT2D eigenvalue weighted by atomic mass is 9.64. The number of piperidine rings is 2. The maximum Gasteiger partial charge on any atom is 0.230 e. The van der Waals surface area contributed by atoms with Gasteiger partial charge < -0.3 is 9.80 Å². The summed E-state index contributed by atoms with van der Waals surface area (Å²) in [6.45, 7) is 7.69. The van der Waals surface area contributed by atoms with Crippen LogP contribution in [0.5, 0.6) is 0 Å². The molecule has 2 fully saturated rings. The highest BCUT2D eigenvalue weighted by Crippen LogP contribution is 2.50. The number of hydrogen-bond donors (Lipinski definition) is 0. The van der Waals surface area contributed by atoms with Gasteiger partial charge in [-0.15, -0.1) is 0 Å². The molecule has 1 aliphatic carbocycles. The number of carbonyl (C=O) groups excluding carboxylic acids is 2. The van der Waals surface area contributed by atoms with E-state index in [9.17, 15) is 9.59 Å². The molecule has 2 aromatic rings. The zero-order valence-corrected chi connectivity index (χ0v) is 21.5. The van der Waals surface area contributed by atoms with E-state index in [1.807, 2.05) is 68.0 Å². The number of hydrogen-bond acceptors (Lipinski definition) is 8. The summed E-state index contributed by atoms with van der Waals surface area (Å²) < 4.78 is 0.637. The van der Waals surface area contributed by atoms with Gasteiger partial charge in [0.05, 0.1) is 12.0 Å². The highest BCUT2D eigenvalue weighted by molar-refractivity contribution is 9.11. The van der Waals surface area contributed by atoms with Crippen LogP contribution in [0.3, 0.4) is 0 Å². The van der Waals surface area contributed by atoms with E-state index in [1.54, 1.807) is 0 Å². The van der Waals surface area contributed by atoms with Gasteiger partial charge in [-0.3, -0.25) is 9.59 Å². The quantitative estimate of drug-likeness (QED) is 0.580. The Labute approximate surface area is 212 Å². The number of aromatic nitrogens is 4. The van der Waals surface area contributed by atoms with Gasteiger partial charge in [0, 0.05) is 44.9 Å². The number of carbonyl (C=O) groups is 2. The minimum Gasteiger partial charge on any atom is -0.323 e. The van der Waals surface area contributed by atoms with Crippen LogP contribution in [0.4, 0.5) is 11.9 Å². The Balaban J connectivity index is 1.61. The van der Waals surface area contributed by atoms with E-state index in [2.05, 4.69) is 32.0 Å². The zero-order chi connectivity index (χ0) is 24.6. The number of aryl methyl sites for hydroxylation is 4. The fraction of sp³-hybridized carbons (Fsp3) is 0.385. The number of allylic oxidation sites excluding steroid dienone is 3. The lowest BCUT2D eigenvalue weighted by Crippen LogP contribution is -2.75. The van der Waals surface area contributed by atoms with E-state index >= 15 is 0 Å². The third-order valence-electron chi connectivity index (χ3n) is 7.29. The Hall–Kier alpha value is -3.20. The third-order valence-corrected chi connectivity index (χ3v) is 7.98. The van der Waals surface area contributed by atoms with Gasteiger partial charge in [0.25, 0.3) is 0 Å². The fourth-order valence-corrected chi connectivity index (χ4v) is 6.77. The van der Waals surface area contributed by atoms with E-state index < -0.39 is 18.0 Å². The van der Waals surface area contributed by atoms with Crippen molar-refractivity contribution in [2.45, 2.75) is 52.2 Å². The van der Waals surface area contributed by atoms with Crippen LogP contribution in [-0.2, 0) is 9.59 Å². The number of fused-ring (bicyclic) bond motifs is 8. The first kappa shape index (κ1) is 22.3. The van der Waals surface area contributed by atoms with Gasteiger partial charge in [-0.1, -0.05) is 34.2 Å². The van der Waals surface area contributed by atoms with Crippen LogP contribution in [0.2, 0.25) is 0 Å². The summed E-state index contributed by atoms with van der Waals surface area (Å²) >= 11 is 3.65. The molecular weight excluding hydrogens is 508 g/mol. The normalized spacial score (nSPS) is 29.1. The number of Topliss-reactive ketones (excluding diaryl/α,β-unsaturated/α-hetero) is 2. The molecule has 0 radical (unpaired) electrons. The molecule has 2 aromatic heterocycles. The third kappa shape index (κ3) is 3.31. The standard InChI is InChI=1S/C26H25BrN6O2/c1-12-9-13(2)29-25(28-12)32-11-18(27)19-21-23(34)17-8-6-5-7-16(17)20(22(32)24(19)35)33(21)26-30-14(3)10-15(4)31-26/h5-6,8-11,16,19-22H,7H2,1-4H3. The highest BCUT2D eigenvalue weighted by Gasteiger charge is 2.63. The van der Waals surface area contributed by atoms with Crippen LogP contribution in [0.1, 0.15) is 29.2 Å². The molecule has 0 amide bonds. The van der Waals surface area contributed by atoms with Crippen molar-refractivity contribution in [3.05, 3.63) is 69.4 Å². The van der Waals surface area contributed by atoms with Crippen molar-refractivity contribution in [2.24, 2.45) is 11.8 Å². The van der Waals surface area contributed by atoms with E-state index in [1.165, 1.54) is 0 Å². The van der Waals surface area contributed by atoms with Gasteiger partial charge in [0.2, 0.25) is 11.9 Å². The molecule has 3 aliphatic heterocycles. The first-order chi connectivity index (χ1) is 16.7. The summed E-state index contributed by atoms with van der Waals surface area (Å²) in [5, 5.41) is 0. The Morgan fingerprint density at radius 3 is 2.11 bits per heavy atom.